The van der Waals surface area contributed by atoms with Crippen molar-refractivity contribution in [1.82, 2.24) is 9.88 Å². The normalized spacial score (nSPS) is 16.7. The molecule has 4 rings (SSSR count). The van der Waals surface area contributed by atoms with E-state index < -0.39 is 20.2 Å². The second-order valence-corrected chi connectivity index (χ2v) is 11.2. The van der Waals surface area contributed by atoms with Crippen LogP contribution in [0.15, 0.2) is 71.8 Å². The molecule has 2 heterocycles. The number of aromatic nitrogens is 1. The van der Waals surface area contributed by atoms with E-state index in [2.05, 4.69) is 23.7 Å². The largest absolute Gasteiger partial charge is 0.501 e. The van der Waals surface area contributed by atoms with Gasteiger partial charge in [0.25, 0.3) is 9.84 Å². The Morgan fingerprint density at radius 1 is 1.06 bits per heavy atom. The van der Waals surface area contributed by atoms with Crippen LogP contribution in [0.5, 0.6) is 0 Å². The maximum atomic E-state index is 12.8. The molecule has 0 spiro atoms. The molecule has 1 aliphatic heterocycles. The van der Waals surface area contributed by atoms with Crippen molar-refractivity contribution < 1.29 is 21.6 Å². The molecule has 3 aromatic rings. The Morgan fingerprint density at radius 2 is 1.76 bits per heavy atom. The second-order valence-electron chi connectivity index (χ2n) is 8.85. The van der Waals surface area contributed by atoms with Crippen molar-refractivity contribution in [3.63, 3.8) is 0 Å². The smallest absolute Gasteiger partial charge is 0.357 e. The number of rotatable bonds is 5. The molecule has 1 aliphatic rings. The van der Waals surface area contributed by atoms with Gasteiger partial charge < -0.3 is 4.90 Å². The van der Waals surface area contributed by atoms with Gasteiger partial charge in [-0.25, -0.2) is 8.42 Å². The minimum absolute atomic E-state index is 0.226. The number of sulfone groups is 1. The molecule has 0 unspecified atom stereocenters. The van der Waals surface area contributed by atoms with Crippen LogP contribution in [0.4, 0.5) is 18.9 Å². The average Bonchev–Trinajstić information content (AvgIpc) is 3.07. The van der Waals surface area contributed by atoms with Gasteiger partial charge in [0.05, 0.1) is 17.3 Å². The van der Waals surface area contributed by atoms with Gasteiger partial charge in [-0.15, -0.1) is 0 Å². The van der Waals surface area contributed by atoms with Gasteiger partial charge in [0, 0.05) is 41.1 Å². The van der Waals surface area contributed by atoms with Crippen LogP contribution in [0.25, 0.3) is 11.3 Å². The van der Waals surface area contributed by atoms with Crippen LogP contribution in [-0.2, 0) is 16.4 Å². The van der Waals surface area contributed by atoms with Crippen molar-refractivity contribution in [2.24, 2.45) is 0 Å². The number of alkyl halides is 3. The third kappa shape index (κ3) is 4.92. The van der Waals surface area contributed by atoms with E-state index in [9.17, 15) is 21.6 Å². The van der Waals surface area contributed by atoms with Crippen molar-refractivity contribution in [2.75, 3.05) is 18.1 Å². The number of hydrogen-bond acceptors (Lipinski definition) is 5. The third-order valence-electron chi connectivity index (χ3n) is 5.91. The van der Waals surface area contributed by atoms with Gasteiger partial charge in [0.15, 0.2) is 0 Å². The lowest BCUT2D eigenvalue weighted by atomic mass is 10.0. The zero-order valence-electron chi connectivity index (χ0n) is 18.6. The van der Waals surface area contributed by atoms with Gasteiger partial charge in [0.2, 0.25) is 0 Å². The number of anilines is 1. The maximum Gasteiger partial charge on any atom is 0.501 e. The third-order valence-corrected chi connectivity index (χ3v) is 7.65. The lowest BCUT2D eigenvalue weighted by Gasteiger charge is -2.29. The van der Waals surface area contributed by atoms with E-state index in [1.54, 1.807) is 12.3 Å². The van der Waals surface area contributed by atoms with Crippen LogP contribution >= 0.6 is 11.6 Å². The quantitative estimate of drug-likeness (QED) is 0.438. The number of halogens is 4. The molecule has 0 bridgehead atoms. The van der Waals surface area contributed by atoms with Crippen molar-refractivity contribution in [3.05, 3.63) is 77.4 Å². The summed E-state index contributed by atoms with van der Waals surface area (Å²) < 4.78 is 61.7. The van der Waals surface area contributed by atoms with Gasteiger partial charge >= 0.3 is 5.51 Å². The Morgan fingerprint density at radius 3 is 2.41 bits per heavy atom. The van der Waals surface area contributed by atoms with Gasteiger partial charge in [0.1, 0.15) is 0 Å². The molecule has 2 aromatic carbocycles. The Balaban J connectivity index is 1.52. The molecule has 10 heteroatoms. The van der Waals surface area contributed by atoms with E-state index in [1.165, 1.54) is 12.1 Å². The van der Waals surface area contributed by atoms with E-state index in [1.807, 2.05) is 35.2 Å². The molecule has 0 N–H and O–H groups in total. The fourth-order valence-corrected chi connectivity index (χ4v) is 4.97. The fourth-order valence-electron chi connectivity index (χ4n) is 4.02. The van der Waals surface area contributed by atoms with Crippen molar-refractivity contribution >= 4 is 27.1 Å². The minimum atomic E-state index is -5.36. The fraction of sp³-hybridized carbons (Fsp3) is 0.292. The standard InChI is InChI=1S/C24H23ClF3N3O2S/c1-23(2)15-30(20-6-8-21(9-7-20)34(32,33)24(26,27)28)16-31(23)14-17-10-11-29-22(12-17)18-4-3-5-19(25)13-18/h3-13H,14-16H2,1-2H3. The van der Waals surface area contributed by atoms with E-state index >= 15 is 0 Å². The van der Waals surface area contributed by atoms with Crippen LogP contribution in [0.1, 0.15) is 19.4 Å². The van der Waals surface area contributed by atoms with Crippen molar-refractivity contribution in [1.29, 1.82) is 0 Å². The van der Waals surface area contributed by atoms with Gasteiger partial charge in [-0.05, 0) is 67.9 Å². The number of benzene rings is 2. The van der Waals surface area contributed by atoms with E-state index in [0.29, 0.717) is 30.5 Å². The first kappa shape index (κ1) is 24.5. The topological polar surface area (TPSA) is 53.5 Å². The molecule has 5 nitrogen and oxygen atoms in total. The zero-order valence-corrected chi connectivity index (χ0v) is 20.1. The van der Waals surface area contributed by atoms with E-state index in [-0.39, 0.29) is 5.54 Å². The first-order valence-electron chi connectivity index (χ1n) is 10.5. The highest BCUT2D eigenvalue weighted by atomic mass is 35.5. The lowest BCUT2D eigenvalue weighted by molar-refractivity contribution is -0.0436. The molecule has 1 aromatic heterocycles. The molecule has 0 saturated carbocycles. The van der Waals surface area contributed by atoms with Crippen LogP contribution < -0.4 is 4.90 Å². The molecule has 34 heavy (non-hydrogen) atoms. The summed E-state index contributed by atoms with van der Waals surface area (Å²) >= 11 is 6.11. The minimum Gasteiger partial charge on any atom is -0.357 e. The highest BCUT2D eigenvalue weighted by molar-refractivity contribution is 7.92. The maximum absolute atomic E-state index is 12.8. The monoisotopic (exact) mass is 509 g/mol. The number of nitrogens with zero attached hydrogens (tertiary/aromatic N) is 3. The van der Waals surface area contributed by atoms with Crippen LogP contribution in [0.3, 0.4) is 0 Å². The number of hydrogen-bond donors (Lipinski definition) is 0. The Labute approximate surface area is 201 Å². The summed E-state index contributed by atoms with van der Waals surface area (Å²) in [5.74, 6) is 0. The Hall–Kier alpha value is -2.62. The molecule has 0 aliphatic carbocycles. The van der Waals surface area contributed by atoms with Crippen molar-refractivity contribution in [2.45, 2.75) is 36.3 Å². The highest BCUT2D eigenvalue weighted by Gasteiger charge is 2.47. The molecule has 1 fully saturated rings. The highest BCUT2D eigenvalue weighted by Crippen LogP contribution is 2.34. The molecule has 0 atom stereocenters. The molecular formula is C24H23ClF3N3O2S. The van der Waals surface area contributed by atoms with E-state index in [0.717, 1.165) is 29.0 Å². The van der Waals surface area contributed by atoms with Crippen LogP contribution in [0.2, 0.25) is 5.02 Å². The predicted molar refractivity (Wildman–Crippen MR) is 126 cm³/mol. The summed E-state index contributed by atoms with van der Waals surface area (Å²) in [4.78, 5) is 7.96. The first-order valence-corrected chi connectivity index (χ1v) is 12.4. The molecular weight excluding hydrogens is 487 g/mol. The number of pyridine rings is 1. The zero-order chi connectivity index (χ0) is 24.7. The average molecular weight is 510 g/mol. The van der Waals surface area contributed by atoms with Crippen molar-refractivity contribution in [3.8, 4) is 11.3 Å². The van der Waals surface area contributed by atoms with Gasteiger partial charge in [-0.3, -0.25) is 9.88 Å². The summed E-state index contributed by atoms with van der Waals surface area (Å²) in [6.07, 6.45) is 1.76. The summed E-state index contributed by atoms with van der Waals surface area (Å²) in [5.41, 5.74) is -2.09. The summed E-state index contributed by atoms with van der Waals surface area (Å²) in [5, 5.41) is 0.634. The molecule has 180 valence electrons. The lowest BCUT2D eigenvalue weighted by Crippen LogP contribution is -2.39. The summed E-state index contributed by atoms with van der Waals surface area (Å²) in [6, 6.07) is 16.3. The predicted octanol–water partition coefficient (Wildman–Crippen LogP) is 5.75. The SMILES string of the molecule is CC1(C)CN(c2ccc(S(=O)(=O)C(F)(F)F)cc2)CN1Cc1ccnc(-c2cccc(Cl)c2)c1. The van der Waals surface area contributed by atoms with Gasteiger partial charge in [-0.2, -0.15) is 13.2 Å². The molecule has 1 saturated heterocycles. The van der Waals surface area contributed by atoms with E-state index in [4.69, 9.17) is 11.6 Å². The second kappa shape index (κ2) is 8.87. The molecule has 0 radical (unpaired) electrons. The van der Waals surface area contributed by atoms with Gasteiger partial charge in [-0.1, -0.05) is 23.7 Å². The summed E-state index contributed by atoms with van der Waals surface area (Å²) in [7, 11) is -5.36. The first-order chi connectivity index (χ1) is 15.9. The summed E-state index contributed by atoms with van der Waals surface area (Å²) in [6.45, 7) is 5.99. The molecule has 0 amide bonds. The Bertz CT molecular complexity index is 1300. The Kier molecular flexibility index (Phi) is 6.39. The van der Waals surface area contributed by atoms with Crippen LogP contribution in [0, 0.1) is 0 Å². The van der Waals surface area contributed by atoms with Crippen LogP contribution in [-0.4, -0.2) is 42.6 Å².